The van der Waals surface area contributed by atoms with Gasteiger partial charge in [0.05, 0.1) is 0 Å². The highest BCUT2D eigenvalue weighted by Crippen LogP contribution is 2.36. The van der Waals surface area contributed by atoms with E-state index in [9.17, 15) is 4.79 Å². The Balaban J connectivity index is 2.17. The van der Waals surface area contributed by atoms with E-state index in [1.165, 1.54) is 10.4 Å². The number of carbonyl (C=O) groups excluding carboxylic acids is 1. The maximum absolute atomic E-state index is 12.3. The molecule has 1 amide bonds. The summed E-state index contributed by atoms with van der Waals surface area (Å²) in [5.74, 6) is 0.846. The van der Waals surface area contributed by atoms with E-state index in [-0.39, 0.29) is 17.2 Å². The molecule has 33 heavy (non-hydrogen) atoms. The molecule has 2 aromatic rings. The Morgan fingerprint density at radius 3 is 1.88 bits per heavy atom. The molecule has 0 saturated carbocycles. The van der Waals surface area contributed by atoms with Crippen molar-refractivity contribution in [1.29, 1.82) is 0 Å². The maximum atomic E-state index is 12.3. The largest absolute Gasteiger partial charge is 0.444 e. The van der Waals surface area contributed by atoms with Crippen molar-refractivity contribution in [2.75, 3.05) is 18.6 Å². The van der Waals surface area contributed by atoms with E-state index in [1.54, 1.807) is 11.8 Å². The fourth-order valence-corrected chi connectivity index (χ4v) is 9.45. The summed E-state index contributed by atoms with van der Waals surface area (Å²) in [6.07, 6.45) is 3.42. The van der Waals surface area contributed by atoms with Gasteiger partial charge in [0.2, 0.25) is 0 Å². The molecule has 0 heterocycles. The first-order chi connectivity index (χ1) is 15.5. The number of ether oxygens (including phenoxy) is 1. The molecule has 4 nitrogen and oxygen atoms in total. The molecule has 0 bridgehead atoms. The first-order valence-corrected chi connectivity index (χ1v) is 15.0. The molecule has 1 atom stereocenters. The minimum atomic E-state index is -2.52. The molecule has 0 fully saturated rings. The van der Waals surface area contributed by atoms with Crippen LogP contribution < -0.4 is 15.7 Å². The summed E-state index contributed by atoms with van der Waals surface area (Å²) in [6.45, 7) is 13.2. The molecule has 1 N–H and O–H groups in total. The Morgan fingerprint density at radius 1 is 0.939 bits per heavy atom. The Morgan fingerprint density at radius 2 is 1.45 bits per heavy atom. The Kier molecular flexibility index (Phi) is 10.1. The van der Waals surface area contributed by atoms with Crippen LogP contribution in [-0.2, 0) is 9.16 Å². The van der Waals surface area contributed by atoms with Crippen LogP contribution >= 0.6 is 11.8 Å². The number of carbonyl (C=O) groups is 1. The fraction of sp³-hybridized carbons (Fsp3) is 0.519. The van der Waals surface area contributed by atoms with Crippen molar-refractivity contribution in [3.8, 4) is 0 Å². The number of hydrogen-bond acceptors (Lipinski definition) is 4. The average molecular weight is 488 g/mol. The highest BCUT2D eigenvalue weighted by Gasteiger charge is 2.49. The van der Waals surface area contributed by atoms with Gasteiger partial charge in [-0.3, -0.25) is 0 Å². The average Bonchev–Trinajstić information content (AvgIpc) is 2.73. The van der Waals surface area contributed by atoms with Crippen LogP contribution in [0.25, 0.3) is 0 Å². The number of nitrogens with one attached hydrogen (secondary N) is 1. The summed E-state index contributed by atoms with van der Waals surface area (Å²) < 4.78 is 12.4. The van der Waals surface area contributed by atoms with Crippen molar-refractivity contribution in [1.82, 2.24) is 5.32 Å². The van der Waals surface area contributed by atoms with Crippen molar-refractivity contribution in [3.63, 3.8) is 0 Å². The van der Waals surface area contributed by atoms with Crippen LogP contribution in [0.2, 0.25) is 5.04 Å². The second-order valence-corrected chi connectivity index (χ2v) is 15.7. The Labute approximate surface area is 206 Å². The Hall–Kier alpha value is -1.76. The predicted octanol–water partition coefficient (Wildman–Crippen LogP) is 5.60. The van der Waals surface area contributed by atoms with Gasteiger partial charge in [-0.1, -0.05) is 81.4 Å². The molecular weight excluding hydrogens is 446 g/mol. The van der Waals surface area contributed by atoms with E-state index in [1.807, 2.05) is 20.8 Å². The summed E-state index contributed by atoms with van der Waals surface area (Å²) in [7, 11) is -2.52. The van der Waals surface area contributed by atoms with Crippen molar-refractivity contribution < 1.29 is 14.0 Å². The molecule has 0 saturated heterocycles. The standard InChI is InChI=1S/C27H41NO3SSi/c1-26(2,3)31-25(29)28-22(21-32-7)15-14-20-30-33(27(4,5)6,23-16-10-8-11-17-23)24-18-12-9-13-19-24/h8-13,16-19,22H,14-15,20-21H2,1-7H3,(H,28,29)/t22-/m1/s1. The lowest BCUT2D eigenvalue weighted by Gasteiger charge is -2.43. The fourth-order valence-electron chi connectivity index (χ4n) is 4.19. The van der Waals surface area contributed by atoms with Crippen LogP contribution in [0.5, 0.6) is 0 Å². The summed E-state index contributed by atoms with van der Waals surface area (Å²) in [5, 5.41) is 5.58. The van der Waals surface area contributed by atoms with Crippen molar-refractivity contribution >= 4 is 36.5 Å². The maximum Gasteiger partial charge on any atom is 0.407 e. The van der Waals surface area contributed by atoms with Crippen LogP contribution in [0.15, 0.2) is 60.7 Å². The first kappa shape index (κ1) is 27.5. The summed E-state index contributed by atoms with van der Waals surface area (Å²) in [5.41, 5.74) is -0.500. The smallest absolute Gasteiger partial charge is 0.407 e. The molecular formula is C27H41NO3SSi. The highest BCUT2D eigenvalue weighted by molar-refractivity contribution is 7.98. The van der Waals surface area contributed by atoms with Gasteiger partial charge in [-0.25, -0.2) is 4.79 Å². The van der Waals surface area contributed by atoms with Gasteiger partial charge in [-0.15, -0.1) is 0 Å². The zero-order valence-electron chi connectivity index (χ0n) is 21.3. The molecule has 0 aliphatic carbocycles. The molecule has 0 spiro atoms. The molecule has 2 rings (SSSR count). The summed E-state index contributed by atoms with van der Waals surface area (Å²) >= 11 is 1.73. The van der Waals surface area contributed by atoms with Gasteiger partial charge >= 0.3 is 6.09 Å². The first-order valence-electron chi connectivity index (χ1n) is 11.7. The molecule has 0 radical (unpaired) electrons. The molecule has 0 aliphatic heterocycles. The van der Waals surface area contributed by atoms with Gasteiger partial charge < -0.3 is 14.5 Å². The monoisotopic (exact) mass is 487 g/mol. The van der Waals surface area contributed by atoms with E-state index < -0.39 is 13.9 Å². The third kappa shape index (κ3) is 7.90. The van der Waals surface area contributed by atoms with Crippen molar-refractivity contribution in [3.05, 3.63) is 60.7 Å². The van der Waals surface area contributed by atoms with E-state index in [0.29, 0.717) is 6.61 Å². The second kappa shape index (κ2) is 12.1. The summed E-state index contributed by atoms with van der Waals surface area (Å²) in [4.78, 5) is 12.3. The van der Waals surface area contributed by atoms with Crippen LogP contribution in [0.3, 0.4) is 0 Å². The predicted molar refractivity (Wildman–Crippen MR) is 144 cm³/mol. The van der Waals surface area contributed by atoms with Crippen LogP contribution in [0.4, 0.5) is 4.79 Å². The lowest BCUT2D eigenvalue weighted by molar-refractivity contribution is 0.0506. The number of thioether (sulfide) groups is 1. The van der Waals surface area contributed by atoms with Gasteiger partial charge in [0.1, 0.15) is 5.60 Å². The Bertz CT molecular complexity index is 808. The third-order valence-electron chi connectivity index (χ3n) is 5.52. The number of hydrogen-bond donors (Lipinski definition) is 1. The lowest BCUT2D eigenvalue weighted by Crippen LogP contribution is -2.66. The van der Waals surface area contributed by atoms with Crippen LogP contribution in [-0.4, -0.2) is 44.7 Å². The number of benzene rings is 2. The zero-order chi connectivity index (χ0) is 24.5. The quantitative estimate of drug-likeness (QED) is 0.350. The summed E-state index contributed by atoms with van der Waals surface area (Å²) in [6, 6.07) is 21.5. The number of rotatable bonds is 10. The minimum absolute atomic E-state index is 0.0385. The van der Waals surface area contributed by atoms with Crippen LogP contribution in [0, 0.1) is 0 Å². The van der Waals surface area contributed by atoms with Gasteiger partial charge in [0.15, 0.2) is 0 Å². The normalized spacial score (nSPS) is 13.4. The van der Waals surface area contributed by atoms with Gasteiger partial charge in [-0.2, -0.15) is 11.8 Å². The topological polar surface area (TPSA) is 47.6 Å². The molecule has 182 valence electrons. The number of alkyl carbamates (subject to hydrolysis) is 1. The molecule has 2 aromatic carbocycles. The van der Waals surface area contributed by atoms with Crippen LogP contribution in [0.1, 0.15) is 54.4 Å². The molecule has 0 unspecified atom stereocenters. The zero-order valence-corrected chi connectivity index (χ0v) is 23.1. The number of amides is 1. The van der Waals surface area contributed by atoms with Gasteiger partial charge in [0, 0.05) is 18.4 Å². The lowest BCUT2D eigenvalue weighted by atomic mass is 10.2. The van der Waals surface area contributed by atoms with Gasteiger partial charge in [-0.05, 0) is 55.3 Å². The van der Waals surface area contributed by atoms with E-state index in [4.69, 9.17) is 9.16 Å². The molecule has 0 aliphatic rings. The van der Waals surface area contributed by atoms with Crippen molar-refractivity contribution in [2.24, 2.45) is 0 Å². The minimum Gasteiger partial charge on any atom is -0.444 e. The van der Waals surface area contributed by atoms with E-state index in [0.717, 1.165) is 18.6 Å². The van der Waals surface area contributed by atoms with Gasteiger partial charge in [0.25, 0.3) is 8.32 Å². The highest BCUT2D eigenvalue weighted by atomic mass is 32.2. The molecule has 6 heteroatoms. The van der Waals surface area contributed by atoms with Crippen molar-refractivity contribution in [2.45, 2.75) is 71.1 Å². The second-order valence-electron chi connectivity index (χ2n) is 10.5. The van der Waals surface area contributed by atoms with E-state index >= 15 is 0 Å². The third-order valence-corrected chi connectivity index (χ3v) is 11.3. The SMILES string of the molecule is CSC[C@@H](CCCO[Si](c1ccccc1)(c1ccccc1)C(C)(C)C)NC(=O)OC(C)(C)C. The molecule has 0 aromatic heterocycles. The van der Waals surface area contributed by atoms with E-state index in [2.05, 4.69) is 93.0 Å².